The van der Waals surface area contributed by atoms with Gasteiger partial charge < -0.3 is 202 Å². The van der Waals surface area contributed by atoms with Crippen molar-refractivity contribution in [1.82, 2.24) is 36.0 Å². The molecule has 0 aliphatic carbocycles. The monoisotopic (exact) mass is 1640 g/mol. The van der Waals surface area contributed by atoms with E-state index in [1.165, 1.54) is 0 Å². The highest BCUT2D eigenvalue weighted by atomic mass is 31.2. The number of carbonyl (C=O) groups excluding carboxylic acids is 4. The summed E-state index contributed by atoms with van der Waals surface area (Å²) in [6.07, 6.45) is -66.7. The highest BCUT2D eigenvalue weighted by molar-refractivity contribution is 7.52. The quantitative estimate of drug-likeness (QED) is 0.0252. The Labute approximate surface area is 621 Å². The van der Waals surface area contributed by atoms with Crippen LogP contribution in [0, 0.1) is 5.41 Å². The number of carbonyl (C=O) groups is 8. The number of hydrogen-bond donors (Lipinski definition) is 34. The summed E-state index contributed by atoms with van der Waals surface area (Å²) >= 11 is 0. The first-order chi connectivity index (χ1) is 51.3. The van der Waals surface area contributed by atoms with Crippen LogP contribution >= 0.6 is 7.60 Å². The third-order valence-electron chi connectivity index (χ3n) is 17.8. The number of carboxylic acids is 4. The summed E-state index contributed by atoms with van der Waals surface area (Å²) in [5.41, 5.74) is -2.66. The molecule has 640 valence electrons. The van der Waals surface area contributed by atoms with Crippen molar-refractivity contribution in [1.29, 1.82) is 0 Å². The number of aliphatic hydroxyl groups is 24. The molecule has 3 rings (SSSR count). The van der Waals surface area contributed by atoms with Crippen molar-refractivity contribution in [3.8, 4) is 0 Å². The molecule has 28 atom stereocenters. The van der Waals surface area contributed by atoms with Crippen LogP contribution in [0.3, 0.4) is 0 Å². The first-order valence-electron chi connectivity index (χ1n) is 33.3. The van der Waals surface area contributed by atoms with Crippen molar-refractivity contribution in [3.63, 3.8) is 0 Å². The second kappa shape index (κ2) is 46.2. The molecular formula is C57H102N7O45P. The van der Waals surface area contributed by atoms with E-state index in [9.17, 15) is 196 Å². The number of ether oxygens (including phenoxy) is 6. The van der Waals surface area contributed by atoms with Gasteiger partial charge in [-0.2, -0.15) is 0 Å². The van der Waals surface area contributed by atoms with Crippen molar-refractivity contribution in [2.45, 2.75) is 184 Å². The average molecular weight is 1640 g/mol. The van der Waals surface area contributed by atoms with Gasteiger partial charge in [0.1, 0.15) is 134 Å². The fourth-order valence-electron chi connectivity index (χ4n) is 11.4. The lowest BCUT2D eigenvalue weighted by Crippen LogP contribution is -2.63. The Morgan fingerprint density at radius 2 is 0.664 bits per heavy atom. The molecule has 28 unspecified atom stereocenters. The van der Waals surface area contributed by atoms with Crippen molar-refractivity contribution in [3.05, 3.63) is 0 Å². The van der Waals surface area contributed by atoms with Gasteiger partial charge in [-0.1, -0.05) is 0 Å². The van der Waals surface area contributed by atoms with E-state index in [4.69, 9.17) is 28.4 Å². The van der Waals surface area contributed by atoms with Crippen LogP contribution in [0.5, 0.6) is 0 Å². The molecule has 3 heterocycles. The van der Waals surface area contributed by atoms with Crippen LogP contribution in [0.1, 0.15) is 12.8 Å². The summed E-state index contributed by atoms with van der Waals surface area (Å²) in [5.74, 6) is -15.8. The lowest BCUT2D eigenvalue weighted by atomic mass is 9.86. The number of rotatable bonds is 51. The number of carboxylic acid groups (broad SMARTS) is 4. The van der Waals surface area contributed by atoms with Crippen LogP contribution in [0.15, 0.2) is 0 Å². The van der Waals surface area contributed by atoms with Crippen molar-refractivity contribution in [2.24, 2.45) is 5.41 Å². The summed E-state index contributed by atoms with van der Waals surface area (Å²) in [7, 11) is -5.70. The summed E-state index contributed by atoms with van der Waals surface area (Å²) in [6, 6.07) is 0. The van der Waals surface area contributed by atoms with Crippen LogP contribution in [0.25, 0.3) is 0 Å². The molecule has 52 nitrogen and oxygen atoms in total. The van der Waals surface area contributed by atoms with Crippen LogP contribution in [0.4, 0.5) is 0 Å². The number of hydrogen-bond acceptors (Lipinski definition) is 42. The molecule has 53 heteroatoms. The maximum atomic E-state index is 14.3. The normalized spacial score (nSPS) is 28.9. The summed E-state index contributed by atoms with van der Waals surface area (Å²) in [4.78, 5) is 128. The molecule has 0 saturated carbocycles. The zero-order chi connectivity index (χ0) is 83.7. The van der Waals surface area contributed by atoms with E-state index in [2.05, 4.69) is 5.32 Å². The average Bonchev–Trinajstić information content (AvgIpc) is 0.809. The maximum absolute atomic E-state index is 14.3. The Kier molecular flexibility index (Phi) is 41.5. The van der Waals surface area contributed by atoms with Crippen molar-refractivity contribution in [2.75, 3.05) is 118 Å². The van der Waals surface area contributed by atoms with Gasteiger partial charge in [0.25, 0.3) is 17.7 Å². The molecule has 0 bridgehead atoms. The van der Waals surface area contributed by atoms with Crippen molar-refractivity contribution >= 4 is 55.1 Å². The zero-order valence-electron chi connectivity index (χ0n) is 58.1. The van der Waals surface area contributed by atoms with Gasteiger partial charge in [-0.25, -0.2) is 0 Å². The van der Waals surface area contributed by atoms with E-state index < -0.39 is 363 Å². The highest BCUT2D eigenvalue weighted by Gasteiger charge is 2.52. The van der Waals surface area contributed by atoms with Gasteiger partial charge in [0.15, 0.2) is 37.2 Å². The molecule has 0 spiro atoms. The second-order valence-electron chi connectivity index (χ2n) is 26.0. The SMILES string of the molecule is O=C(O)CN(CCN(CCN(CC(=O)O)CC(=O)O)C(CCC(=O)NCC(CNC(=O)C(O)C(O)C(OC1OC(CO)C(O)C(O)C1O)C(O)CO)(CNC(=O)C(O)C(O)C(OC1OC(CO)C(O)C(O)C1O)C(O)CO)CNC(=O)C(O)C(O)C(OC1OC(CO)C(O)C(O)C1O)C(O)CO)P(=O)(O)O)CC(=O)O. The molecule has 3 fully saturated rings. The predicted molar refractivity (Wildman–Crippen MR) is 346 cm³/mol. The summed E-state index contributed by atoms with van der Waals surface area (Å²) < 4.78 is 45.1. The molecule has 3 aliphatic rings. The Morgan fingerprint density at radius 3 is 0.900 bits per heavy atom. The van der Waals surface area contributed by atoms with E-state index >= 15 is 0 Å². The lowest BCUT2D eigenvalue weighted by Gasteiger charge is -2.42. The second-order valence-corrected chi connectivity index (χ2v) is 27.8. The minimum absolute atomic E-state index is 0.677. The molecular weight excluding hydrogens is 1530 g/mol. The van der Waals surface area contributed by atoms with Crippen LogP contribution in [-0.2, 0) is 71.3 Å². The largest absolute Gasteiger partial charge is 0.480 e. The Balaban J connectivity index is 2.32. The third-order valence-corrected chi connectivity index (χ3v) is 19.1. The van der Waals surface area contributed by atoms with Crippen molar-refractivity contribution < 1.29 is 224 Å². The molecule has 110 heavy (non-hydrogen) atoms. The van der Waals surface area contributed by atoms with Gasteiger partial charge in [-0.3, -0.25) is 57.6 Å². The van der Waals surface area contributed by atoms with Crippen LogP contribution in [0.2, 0.25) is 0 Å². The van der Waals surface area contributed by atoms with E-state index in [0.717, 1.165) is 14.7 Å². The Bertz CT molecular complexity index is 2650. The first-order valence-corrected chi connectivity index (χ1v) is 35.0. The maximum Gasteiger partial charge on any atom is 0.342 e. The fourth-order valence-corrected chi connectivity index (χ4v) is 12.5. The van der Waals surface area contributed by atoms with Gasteiger partial charge in [0.2, 0.25) is 5.91 Å². The van der Waals surface area contributed by atoms with E-state index in [1.54, 1.807) is 0 Å². The van der Waals surface area contributed by atoms with Gasteiger partial charge in [0, 0.05) is 64.2 Å². The number of aliphatic carboxylic acids is 4. The van der Waals surface area contributed by atoms with Gasteiger partial charge in [-0.15, -0.1) is 0 Å². The standard InChI is InChI=1S/C57H102N7O45P/c65-11-21(71)48(107-54-45(95)36(86)33(83)24(14-68)104-54)39(89)42(92)51(98)59-18-57(19-60-52(99)43(93)40(90)49(22(72)12-66)108-55-46(96)37(87)34(84)25(15-69)105-55,20-61-53(100)44(94)41(91)50(23(73)13-67)109-56-47(97)38(88)35(85)26(16-70)106-56)17-58-27(74)1-2-28(110(101,102)103)64(5-3-62(7-29(75)76)8-30(77)78)6-4-63(9-31(79)80)10-32(81)82/h21-26,28,33-50,54-56,65-73,83-97H,1-20H2,(H,58,74)(H,59,98)(H,60,99)(H,61,100)(H,75,76)(H,77,78)(H,79,80)(H,81,82)(H2,101,102,103). The highest BCUT2D eigenvalue weighted by Crippen LogP contribution is 2.45. The minimum Gasteiger partial charge on any atom is -0.480 e. The van der Waals surface area contributed by atoms with Gasteiger partial charge >= 0.3 is 31.5 Å². The van der Waals surface area contributed by atoms with E-state index in [0.29, 0.717) is 0 Å². The third kappa shape index (κ3) is 28.8. The van der Waals surface area contributed by atoms with E-state index in [-0.39, 0.29) is 0 Å². The topological polar surface area (TPSA) is 874 Å². The number of nitrogens with zero attached hydrogens (tertiary/aromatic N) is 3. The van der Waals surface area contributed by atoms with E-state index in [1.807, 2.05) is 16.0 Å². The lowest BCUT2D eigenvalue weighted by molar-refractivity contribution is -0.326. The molecule has 0 aromatic carbocycles. The first kappa shape index (κ1) is 98.8. The molecule has 0 aromatic rings. The van der Waals surface area contributed by atoms with Crippen LogP contribution < -0.4 is 21.3 Å². The number of aliphatic hydroxyl groups excluding tert-OH is 24. The Hall–Kier alpha value is -5.41. The van der Waals surface area contributed by atoms with Crippen LogP contribution in [-0.4, -0.2) is 504 Å². The van der Waals surface area contributed by atoms with Gasteiger partial charge in [-0.05, 0) is 6.42 Å². The molecule has 4 amide bonds. The number of nitrogens with one attached hydrogen (secondary N) is 4. The predicted octanol–water partition coefficient (Wildman–Crippen LogP) is -21.3. The smallest absolute Gasteiger partial charge is 0.342 e. The molecule has 0 radical (unpaired) electrons. The zero-order valence-corrected chi connectivity index (χ0v) is 59.0. The molecule has 3 saturated heterocycles. The molecule has 34 N–H and O–H groups in total. The molecule has 3 aliphatic heterocycles. The Morgan fingerprint density at radius 1 is 0.400 bits per heavy atom. The molecule has 0 aromatic heterocycles. The summed E-state index contributed by atoms with van der Waals surface area (Å²) in [6.45, 7) is -19.9. The minimum atomic E-state index is -5.70. The summed E-state index contributed by atoms with van der Waals surface area (Å²) in [5, 5.41) is 300. The number of amides is 4. The fraction of sp³-hybridized carbons (Fsp3) is 0.860. The van der Waals surface area contributed by atoms with Gasteiger partial charge in [0.05, 0.1) is 65.8 Å².